The second-order valence-corrected chi connectivity index (χ2v) is 2.15. The molecule has 4 heteroatoms. The Labute approximate surface area is 57.7 Å². The molecule has 1 heterocycles. The van der Waals surface area contributed by atoms with Crippen molar-refractivity contribution in [2.24, 2.45) is 0 Å². The van der Waals surface area contributed by atoms with Gasteiger partial charge in [-0.05, 0) is 13.0 Å². The Bertz CT molecular complexity index is 184. The van der Waals surface area contributed by atoms with Gasteiger partial charge in [0, 0.05) is 0 Å². The molecule has 0 aromatic carbocycles. The lowest BCUT2D eigenvalue weighted by molar-refractivity contribution is -0.137. The van der Waals surface area contributed by atoms with Gasteiger partial charge in [-0.3, -0.25) is 0 Å². The number of hydrogen-bond acceptors (Lipinski definition) is 3. The van der Waals surface area contributed by atoms with Gasteiger partial charge in [-0.25, -0.2) is 4.79 Å². The van der Waals surface area contributed by atoms with Gasteiger partial charge < -0.3 is 14.9 Å². The molecule has 1 aliphatic rings. The summed E-state index contributed by atoms with van der Waals surface area (Å²) in [4.78, 5) is 10.2. The molecule has 10 heavy (non-hydrogen) atoms. The standard InChI is InChI=1S/C6H8O4/c1-3-4(7)2-5(10-3)6(8)9/h2-4,7H,1H3,(H,8,9). The van der Waals surface area contributed by atoms with Gasteiger partial charge in [0.1, 0.15) is 12.2 Å². The van der Waals surface area contributed by atoms with Gasteiger partial charge in [-0.2, -0.15) is 0 Å². The molecule has 0 radical (unpaired) electrons. The third-order valence-corrected chi connectivity index (χ3v) is 1.33. The minimum Gasteiger partial charge on any atom is -0.481 e. The third-order valence-electron chi connectivity index (χ3n) is 1.33. The maximum absolute atomic E-state index is 10.2. The molecular weight excluding hydrogens is 136 g/mol. The lowest BCUT2D eigenvalue weighted by atomic mass is 10.2. The van der Waals surface area contributed by atoms with E-state index < -0.39 is 18.2 Å². The molecule has 1 rings (SSSR count). The lowest BCUT2D eigenvalue weighted by Crippen LogP contribution is -2.16. The molecule has 0 amide bonds. The first-order valence-corrected chi connectivity index (χ1v) is 2.91. The first-order valence-electron chi connectivity index (χ1n) is 2.91. The van der Waals surface area contributed by atoms with E-state index in [2.05, 4.69) is 0 Å². The van der Waals surface area contributed by atoms with E-state index >= 15 is 0 Å². The quantitative estimate of drug-likeness (QED) is 0.531. The third kappa shape index (κ3) is 1.11. The molecular formula is C6H8O4. The molecule has 0 aliphatic carbocycles. The molecule has 56 valence electrons. The summed E-state index contributed by atoms with van der Waals surface area (Å²) in [5.74, 6) is -1.30. The van der Waals surface area contributed by atoms with Gasteiger partial charge in [0.15, 0.2) is 0 Å². The fourth-order valence-electron chi connectivity index (χ4n) is 0.722. The molecule has 0 aromatic heterocycles. The Morgan fingerprint density at radius 1 is 1.80 bits per heavy atom. The van der Waals surface area contributed by atoms with Crippen LogP contribution in [0.3, 0.4) is 0 Å². The van der Waals surface area contributed by atoms with E-state index in [1.54, 1.807) is 6.92 Å². The normalized spacial score (nSPS) is 31.2. The van der Waals surface area contributed by atoms with Gasteiger partial charge in [0.05, 0.1) is 0 Å². The summed E-state index contributed by atoms with van der Waals surface area (Å²) in [6, 6.07) is 0. The van der Waals surface area contributed by atoms with Crippen LogP contribution in [0.4, 0.5) is 0 Å². The summed E-state index contributed by atoms with van der Waals surface area (Å²) in [7, 11) is 0. The van der Waals surface area contributed by atoms with E-state index in [-0.39, 0.29) is 5.76 Å². The van der Waals surface area contributed by atoms with E-state index in [0.29, 0.717) is 0 Å². The summed E-state index contributed by atoms with van der Waals surface area (Å²) in [5.41, 5.74) is 0. The number of carboxylic acid groups (broad SMARTS) is 1. The van der Waals surface area contributed by atoms with Crippen molar-refractivity contribution >= 4 is 5.97 Å². The van der Waals surface area contributed by atoms with Crippen molar-refractivity contribution in [2.45, 2.75) is 19.1 Å². The fraction of sp³-hybridized carbons (Fsp3) is 0.500. The van der Waals surface area contributed by atoms with Crippen LogP contribution in [0.5, 0.6) is 0 Å². The van der Waals surface area contributed by atoms with Crippen molar-refractivity contribution in [3.8, 4) is 0 Å². The Hall–Kier alpha value is -1.03. The summed E-state index contributed by atoms with van der Waals surface area (Å²) in [5, 5.41) is 17.3. The number of aliphatic hydroxyl groups is 1. The predicted octanol–water partition coefficient (Wildman–Crippen LogP) is -0.266. The second-order valence-electron chi connectivity index (χ2n) is 2.15. The Balaban J connectivity index is 2.67. The van der Waals surface area contributed by atoms with Gasteiger partial charge >= 0.3 is 5.97 Å². The molecule has 0 bridgehead atoms. The Morgan fingerprint density at radius 2 is 2.40 bits per heavy atom. The largest absolute Gasteiger partial charge is 0.481 e. The van der Waals surface area contributed by atoms with Crippen LogP contribution >= 0.6 is 0 Å². The highest BCUT2D eigenvalue weighted by Crippen LogP contribution is 2.16. The number of carbonyl (C=O) groups is 1. The summed E-state index contributed by atoms with van der Waals surface area (Å²) in [6.07, 6.45) is -0.0373. The average Bonchev–Trinajstić information content (AvgIpc) is 2.13. The monoisotopic (exact) mass is 144 g/mol. The molecule has 4 nitrogen and oxygen atoms in total. The van der Waals surface area contributed by atoms with E-state index in [0.717, 1.165) is 0 Å². The predicted molar refractivity (Wildman–Crippen MR) is 32.3 cm³/mol. The first kappa shape index (κ1) is 7.08. The number of rotatable bonds is 1. The van der Waals surface area contributed by atoms with Gasteiger partial charge in [-0.1, -0.05) is 0 Å². The van der Waals surface area contributed by atoms with Crippen LogP contribution in [0, 0.1) is 0 Å². The van der Waals surface area contributed by atoms with Crippen LogP contribution < -0.4 is 0 Å². The van der Waals surface area contributed by atoms with Crippen LogP contribution in [-0.2, 0) is 9.53 Å². The highest BCUT2D eigenvalue weighted by molar-refractivity contribution is 5.84. The smallest absolute Gasteiger partial charge is 0.370 e. The van der Waals surface area contributed by atoms with Crippen LogP contribution in [0.25, 0.3) is 0 Å². The molecule has 2 unspecified atom stereocenters. The number of hydrogen-bond donors (Lipinski definition) is 2. The summed E-state index contributed by atoms with van der Waals surface area (Å²) >= 11 is 0. The molecule has 0 saturated heterocycles. The van der Waals surface area contributed by atoms with E-state index in [1.807, 2.05) is 0 Å². The minimum absolute atomic E-state index is 0.167. The lowest BCUT2D eigenvalue weighted by Gasteiger charge is -2.06. The molecule has 1 aliphatic heterocycles. The zero-order valence-electron chi connectivity index (χ0n) is 5.44. The van der Waals surface area contributed by atoms with Crippen molar-refractivity contribution < 1.29 is 19.7 Å². The van der Waals surface area contributed by atoms with Crippen LogP contribution in [0.15, 0.2) is 11.8 Å². The highest BCUT2D eigenvalue weighted by atomic mass is 16.5. The fourth-order valence-corrected chi connectivity index (χ4v) is 0.722. The van der Waals surface area contributed by atoms with Crippen LogP contribution in [-0.4, -0.2) is 28.4 Å². The molecule has 2 atom stereocenters. The van der Waals surface area contributed by atoms with E-state index in [1.165, 1.54) is 6.08 Å². The number of ether oxygens (including phenoxy) is 1. The molecule has 0 aromatic rings. The number of aliphatic hydroxyl groups excluding tert-OH is 1. The maximum atomic E-state index is 10.2. The number of aliphatic carboxylic acids is 1. The summed E-state index contributed by atoms with van der Waals surface area (Å²) < 4.78 is 4.75. The van der Waals surface area contributed by atoms with Crippen LogP contribution in [0.1, 0.15) is 6.92 Å². The topological polar surface area (TPSA) is 66.8 Å². The number of carboxylic acids is 1. The minimum atomic E-state index is -1.14. The van der Waals surface area contributed by atoms with Crippen molar-refractivity contribution in [3.05, 3.63) is 11.8 Å². The van der Waals surface area contributed by atoms with Crippen molar-refractivity contribution in [1.29, 1.82) is 0 Å². The molecule has 0 fully saturated rings. The average molecular weight is 144 g/mol. The molecule has 2 N–H and O–H groups in total. The first-order chi connectivity index (χ1) is 4.61. The van der Waals surface area contributed by atoms with Crippen molar-refractivity contribution in [1.82, 2.24) is 0 Å². The van der Waals surface area contributed by atoms with Gasteiger partial charge in [-0.15, -0.1) is 0 Å². The molecule has 0 spiro atoms. The van der Waals surface area contributed by atoms with Crippen LogP contribution in [0.2, 0.25) is 0 Å². The Kier molecular flexibility index (Phi) is 1.63. The van der Waals surface area contributed by atoms with Gasteiger partial charge in [0.25, 0.3) is 0 Å². The maximum Gasteiger partial charge on any atom is 0.370 e. The zero-order valence-corrected chi connectivity index (χ0v) is 5.44. The Morgan fingerprint density at radius 3 is 2.60 bits per heavy atom. The van der Waals surface area contributed by atoms with Crippen molar-refractivity contribution in [2.75, 3.05) is 0 Å². The van der Waals surface area contributed by atoms with Crippen molar-refractivity contribution in [3.63, 3.8) is 0 Å². The van der Waals surface area contributed by atoms with E-state index in [4.69, 9.17) is 14.9 Å². The zero-order chi connectivity index (χ0) is 7.72. The molecule has 0 saturated carbocycles. The highest BCUT2D eigenvalue weighted by Gasteiger charge is 2.26. The van der Waals surface area contributed by atoms with Gasteiger partial charge in [0.2, 0.25) is 5.76 Å². The SMILES string of the molecule is CC1OC(C(=O)O)=CC1O. The second kappa shape index (κ2) is 2.30. The summed E-state index contributed by atoms with van der Waals surface area (Å²) in [6.45, 7) is 1.61. The van der Waals surface area contributed by atoms with E-state index in [9.17, 15) is 4.79 Å².